The molecule has 1 fully saturated rings. The van der Waals surface area contributed by atoms with Gasteiger partial charge in [-0.25, -0.2) is 0 Å². The number of hydrogen-bond acceptors (Lipinski definition) is 4. The Morgan fingerprint density at radius 2 is 2.22 bits per heavy atom. The molecule has 18 heavy (non-hydrogen) atoms. The second-order valence-corrected chi connectivity index (χ2v) is 5.30. The van der Waals surface area contributed by atoms with Crippen LogP contribution in [0, 0.1) is 0 Å². The molecule has 0 bridgehead atoms. The zero-order valence-electron chi connectivity index (χ0n) is 11.4. The van der Waals surface area contributed by atoms with E-state index < -0.39 is 0 Å². The van der Waals surface area contributed by atoms with Crippen molar-refractivity contribution in [3.8, 4) is 0 Å². The molecule has 2 rings (SSSR count). The van der Waals surface area contributed by atoms with Gasteiger partial charge in [-0.2, -0.15) is 0 Å². The van der Waals surface area contributed by atoms with Crippen LogP contribution in [0.1, 0.15) is 31.4 Å². The van der Waals surface area contributed by atoms with E-state index in [2.05, 4.69) is 11.9 Å². The van der Waals surface area contributed by atoms with Crippen molar-refractivity contribution >= 4 is 0 Å². The predicted octanol–water partition coefficient (Wildman–Crippen LogP) is 2.00. The van der Waals surface area contributed by atoms with E-state index in [1.165, 1.54) is 0 Å². The highest BCUT2D eigenvalue weighted by Gasteiger charge is 2.37. The Bertz CT molecular complexity index is 343. The lowest BCUT2D eigenvalue weighted by Crippen LogP contribution is -2.54. The Balaban J connectivity index is 1.99. The van der Waals surface area contributed by atoms with E-state index in [0.29, 0.717) is 12.6 Å². The molecule has 0 saturated heterocycles. The minimum atomic E-state index is 0.0990. The van der Waals surface area contributed by atoms with Crippen LogP contribution in [0.5, 0.6) is 0 Å². The van der Waals surface area contributed by atoms with Gasteiger partial charge in [0.05, 0.1) is 18.9 Å². The molecule has 4 nitrogen and oxygen atoms in total. The molecule has 1 aromatic heterocycles. The molecule has 1 aliphatic rings. The summed E-state index contributed by atoms with van der Waals surface area (Å²) in [5, 5.41) is 0. The first kappa shape index (κ1) is 13.6. The van der Waals surface area contributed by atoms with Crippen molar-refractivity contribution in [2.45, 2.75) is 43.9 Å². The van der Waals surface area contributed by atoms with Gasteiger partial charge in [0.1, 0.15) is 5.76 Å². The Morgan fingerprint density at radius 1 is 1.50 bits per heavy atom. The van der Waals surface area contributed by atoms with Gasteiger partial charge < -0.3 is 14.9 Å². The highest BCUT2D eigenvalue weighted by atomic mass is 16.5. The van der Waals surface area contributed by atoms with Gasteiger partial charge in [-0.3, -0.25) is 4.90 Å². The largest absolute Gasteiger partial charge is 0.468 e. The fourth-order valence-electron chi connectivity index (χ4n) is 2.91. The number of nitrogens with zero attached hydrogens (tertiary/aromatic N) is 1. The summed E-state index contributed by atoms with van der Waals surface area (Å²) in [6, 6.07) is 3.95. The molecule has 0 aromatic carbocycles. The number of likely N-dealkylation sites (N-methyl/N-ethyl adjacent to an activating group) is 1. The normalized spacial score (nSPS) is 28.8. The number of furan rings is 1. The van der Waals surface area contributed by atoms with Crippen molar-refractivity contribution in [3.63, 3.8) is 0 Å². The maximum absolute atomic E-state index is 6.04. The first-order valence-corrected chi connectivity index (χ1v) is 6.67. The van der Waals surface area contributed by atoms with Crippen LogP contribution in [0.2, 0.25) is 0 Å². The highest BCUT2D eigenvalue weighted by molar-refractivity contribution is 5.01. The maximum atomic E-state index is 6.04. The lowest BCUT2D eigenvalue weighted by atomic mass is 9.79. The molecule has 0 unspecified atom stereocenters. The van der Waals surface area contributed by atoms with Crippen molar-refractivity contribution in [2.24, 2.45) is 5.73 Å². The Hall–Kier alpha value is -0.840. The summed E-state index contributed by atoms with van der Waals surface area (Å²) in [5.41, 5.74) is 6.14. The average Bonchev–Trinajstić information content (AvgIpc) is 2.91. The molecule has 1 heterocycles. The summed E-state index contributed by atoms with van der Waals surface area (Å²) in [5.74, 6) is 0.999. The van der Waals surface area contributed by atoms with E-state index in [1.54, 1.807) is 13.4 Å². The van der Waals surface area contributed by atoms with E-state index in [1.807, 2.05) is 12.1 Å². The summed E-state index contributed by atoms with van der Waals surface area (Å²) < 4.78 is 10.9. The summed E-state index contributed by atoms with van der Waals surface area (Å²) in [4.78, 5) is 2.34. The van der Waals surface area contributed by atoms with Crippen molar-refractivity contribution in [3.05, 3.63) is 24.2 Å². The Kier molecular flexibility index (Phi) is 4.43. The molecule has 0 aliphatic heterocycles. The fraction of sp³-hybridized carbons (Fsp3) is 0.714. The fourth-order valence-corrected chi connectivity index (χ4v) is 2.91. The topological polar surface area (TPSA) is 51.6 Å². The van der Waals surface area contributed by atoms with Gasteiger partial charge in [-0.15, -0.1) is 0 Å². The molecule has 1 aliphatic carbocycles. The quantitative estimate of drug-likeness (QED) is 0.871. The van der Waals surface area contributed by atoms with Crippen LogP contribution < -0.4 is 5.73 Å². The zero-order chi connectivity index (χ0) is 13.0. The molecule has 0 atom stereocenters. The van der Waals surface area contributed by atoms with Crippen LogP contribution >= 0.6 is 0 Å². The maximum Gasteiger partial charge on any atom is 0.117 e. The SMILES string of the molecule is COC1CCC(CN)(N(C)Cc2ccco2)CC1. The standard InChI is InChI=1S/C14H24N2O2/c1-16(10-13-4-3-9-18-13)14(11-15)7-5-12(17-2)6-8-14/h3-4,9,12H,5-8,10-11,15H2,1-2H3. The van der Waals surface area contributed by atoms with Crippen LogP contribution in [0.4, 0.5) is 0 Å². The lowest BCUT2D eigenvalue weighted by molar-refractivity contribution is -0.00152. The average molecular weight is 252 g/mol. The van der Waals surface area contributed by atoms with Gasteiger partial charge in [0.15, 0.2) is 0 Å². The van der Waals surface area contributed by atoms with E-state index in [4.69, 9.17) is 14.9 Å². The third-order valence-corrected chi connectivity index (χ3v) is 4.36. The third kappa shape index (κ3) is 2.76. The second-order valence-electron chi connectivity index (χ2n) is 5.30. The summed E-state index contributed by atoms with van der Waals surface area (Å²) in [7, 11) is 3.94. The number of rotatable bonds is 5. The van der Waals surface area contributed by atoms with Gasteiger partial charge >= 0.3 is 0 Å². The molecule has 0 spiro atoms. The van der Waals surface area contributed by atoms with E-state index in [9.17, 15) is 0 Å². The van der Waals surface area contributed by atoms with Gasteiger partial charge in [0.25, 0.3) is 0 Å². The van der Waals surface area contributed by atoms with E-state index in [0.717, 1.165) is 38.0 Å². The monoisotopic (exact) mass is 252 g/mol. The molecule has 4 heteroatoms. The van der Waals surface area contributed by atoms with Crippen LogP contribution in [-0.2, 0) is 11.3 Å². The van der Waals surface area contributed by atoms with Crippen LogP contribution in [0.25, 0.3) is 0 Å². The Labute approximate surface area is 109 Å². The summed E-state index contributed by atoms with van der Waals surface area (Å²) in [6.45, 7) is 1.52. The Morgan fingerprint density at radius 3 is 2.72 bits per heavy atom. The molecular formula is C14H24N2O2. The summed E-state index contributed by atoms with van der Waals surface area (Å²) in [6.07, 6.45) is 6.51. The lowest BCUT2D eigenvalue weighted by Gasteiger charge is -2.45. The molecule has 102 valence electrons. The van der Waals surface area contributed by atoms with Crippen molar-refractivity contribution < 1.29 is 9.15 Å². The molecule has 0 radical (unpaired) electrons. The van der Waals surface area contributed by atoms with Gasteiger partial charge in [0, 0.05) is 19.2 Å². The minimum absolute atomic E-state index is 0.0990. The van der Waals surface area contributed by atoms with Crippen molar-refractivity contribution in [1.82, 2.24) is 4.90 Å². The molecular weight excluding hydrogens is 228 g/mol. The minimum Gasteiger partial charge on any atom is -0.468 e. The van der Waals surface area contributed by atoms with Gasteiger partial charge in [0.2, 0.25) is 0 Å². The first-order valence-electron chi connectivity index (χ1n) is 6.67. The van der Waals surface area contributed by atoms with Crippen LogP contribution in [0.3, 0.4) is 0 Å². The van der Waals surface area contributed by atoms with Gasteiger partial charge in [-0.1, -0.05) is 0 Å². The summed E-state index contributed by atoms with van der Waals surface area (Å²) >= 11 is 0. The third-order valence-electron chi connectivity index (χ3n) is 4.36. The number of ether oxygens (including phenoxy) is 1. The molecule has 2 N–H and O–H groups in total. The first-order chi connectivity index (χ1) is 8.70. The molecule has 1 aromatic rings. The second kappa shape index (κ2) is 5.87. The van der Waals surface area contributed by atoms with Crippen LogP contribution in [-0.4, -0.2) is 37.2 Å². The van der Waals surface area contributed by atoms with Crippen molar-refractivity contribution in [1.29, 1.82) is 0 Å². The number of methoxy groups -OCH3 is 1. The highest BCUT2D eigenvalue weighted by Crippen LogP contribution is 2.34. The number of nitrogens with two attached hydrogens (primary N) is 1. The van der Waals surface area contributed by atoms with Crippen LogP contribution in [0.15, 0.2) is 22.8 Å². The number of hydrogen-bond donors (Lipinski definition) is 1. The smallest absolute Gasteiger partial charge is 0.117 e. The molecule has 1 saturated carbocycles. The van der Waals surface area contributed by atoms with Gasteiger partial charge in [-0.05, 0) is 44.9 Å². The molecule has 0 amide bonds. The van der Waals surface area contributed by atoms with E-state index in [-0.39, 0.29) is 5.54 Å². The zero-order valence-corrected chi connectivity index (χ0v) is 11.4. The van der Waals surface area contributed by atoms with Crippen molar-refractivity contribution in [2.75, 3.05) is 20.7 Å². The van der Waals surface area contributed by atoms with E-state index >= 15 is 0 Å². The predicted molar refractivity (Wildman–Crippen MR) is 71.2 cm³/mol.